The van der Waals surface area contributed by atoms with Crippen LogP contribution < -0.4 is 27.9 Å². The second-order valence-corrected chi connectivity index (χ2v) is 6.10. The SMILES string of the molecule is CC1CN(c2ccc([N+](=O)[O-])c(NCc3ccccc3)c2)CCN1.[Cl-]. The van der Waals surface area contributed by atoms with Crippen LogP contribution >= 0.6 is 0 Å². The highest BCUT2D eigenvalue weighted by Crippen LogP contribution is 2.30. The molecular formula is C18H22ClN4O2-. The Morgan fingerprint density at radius 1 is 1.28 bits per heavy atom. The highest BCUT2D eigenvalue weighted by Gasteiger charge is 2.20. The summed E-state index contributed by atoms with van der Waals surface area (Å²) in [5.74, 6) is 0. The Bertz CT molecular complexity index is 711. The summed E-state index contributed by atoms with van der Waals surface area (Å²) >= 11 is 0. The molecule has 25 heavy (non-hydrogen) atoms. The molecule has 0 radical (unpaired) electrons. The molecule has 1 heterocycles. The standard InChI is InChI=1S/C18H22N4O2.ClH/c1-14-13-21(10-9-19-14)16-7-8-18(22(23)24)17(11-16)20-12-15-5-3-2-4-6-15;/h2-8,11,14,19-20H,9-10,12-13H2,1H3;1H/p-1. The van der Waals surface area contributed by atoms with Crippen molar-refractivity contribution >= 4 is 17.1 Å². The van der Waals surface area contributed by atoms with Crippen LogP contribution in [0.25, 0.3) is 0 Å². The first-order chi connectivity index (χ1) is 11.6. The van der Waals surface area contributed by atoms with Gasteiger partial charge in [0, 0.05) is 44.0 Å². The molecule has 0 saturated carbocycles. The molecule has 2 N–H and O–H groups in total. The van der Waals surface area contributed by atoms with Crippen LogP contribution in [0.4, 0.5) is 17.1 Å². The van der Waals surface area contributed by atoms with Crippen molar-refractivity contribution in [3.8, 4) is 0 Å². The van der Waals surface area contributed by atoms with Gasteiger partial charge in [-0.15, -0.1) is 0 Å². The van der Waals surface area contributed by atoms with Crippen molar-refractivity contribution in [2.45, 2.75) is 19.5 Å². The van der Waals surface area contributed by atoms with E-state index in [2.05, 4.69) is 22.5 Å². The van der Waals surface area contributed by atoms with E-state index < -0.39 is 0 Å². The Morgan fingerprint density at radius 2 is 2.04 bits per heavy atom. The van der Waals surface area contributed by atoms with Gasteiger partial charge in [-0.1, -0.05) is 30.3 Å². The topological polar surface area (TPSA) is 70.4 Å². The van der Waals surface area contributed by atoms with Gasteiger partial charge >= 0.3 is 0 Å². The lowest BCUT2D eigenvalue weighted by molar-refractivity contribution is -0.384. The van der Waals surface area contributed by atoms with E-state index in [0.29, 0.717) is 18.3 Å². The molecule has 3 rings (SSSR count). The molecule has 1 fully saturated rings. The van der Waals surface area contributed by atoms with E-state index in [1.54, 1.807) is 6.07 Å². The number of hydrogen-bond donors (Lipinski definition) is 2. The largest absolute Gasteiger partial charge is 1.00 e. The van der Waals surface area contributed by atoms with Gasteiger partial charge in [-0.3, -0.25) is 10.1 Å². The molecule has 0 spiro atoms. The highest BCUT2D eigenvalue weighted by molar-refractivity contribution is 5.69. The van der Waals surface area contributed by atoms with Gasteiger partial charge in [0.1, 0.15) is 5.69 Å². The summed E-state index contributed by atoms with van der Waals surface area (Å²) in [5.41, 5.74) is 2.78. The minimum Gasteiger partial charge on any atom is -1.00 e. The third-order valence-electron chi connectivity index (χ3n) is 4.24. The predicted octanol–water partition coefficient (Wildman–Crippen LogP) is 0.00900. The molecule has 134 valence electrons. The molecule has 1 aliphatic heterocycles. The quantitative estimate of drug-likeness (QED) is 0.580. The Balaban J connectivity index is 0.00000225. The number of nitro benzene ring substituents is 1. The molecule has 0 bridgehead atoms. The molecule has 1 aliphatic rings. The summed E-state index contributed by atoms with van der Waals surface area (Å²) in [7, 11) is 0. The van der Waals surface area contributed by atoms with Gasteiger partial charge in [0.25, 0.3) is 5.69 Å². The lowest BCUT2D eigenvalue weighted by Gasteiger charge is -2.33. The molecule has 7 heteroatoms. The summed E-state index contributed by atoms with van der Waals surface area (Å²) in [6.45, 7) is 5.43. The van der Waals surface area contributed by atoms with Crippen molar-refractivity contribution in [2.75, 3.05) is 29.9 Å². The molecule has 1 saturated heterocycles. The molecule has 2 aromatic rings. The highest BCUT2D eigenvalue weighted by atomic mass is 35.5. The van der Waals surface area contributed by atoms with E-state index in [-0.39, 0.29) is 23.0 Å². The van der Waals surface area contributed by atoms with Gasteiger partial charge in [-0.25, -0.2) is 0 Å². The van der Waals surface area contributed by atoms with Crippen LogP contribution in [0.1, 0.15) is 12.5 Å². The summed E-state index contributed by atoms with van der Waals surface area (Å²) in [6.07, 6.45) is 0. The van der Waals surface area contributed by atoms with Gasteiger partial charge in [0.15, 0.2) is 0 Å². The molecule has 0 aromatic heterocycles. The van der Waals surface area contributed by atoms with E-state index in [0.717, 1.165) is 30.9 Å². The van der Waals surface area contributed by atoms with E-state index in [9.17, 15) is 10.1 Å². The Hall–Kier alpha value is -2.31. The number of anilines is 2. The summed E-state index contributed by atoms with van der Waals surface area (Å²) in [4.78, 5) is 13.2. The van der Waals surface area contributed by atoms with Crippen LogP contribution in [0.5, 0.6) is 0 Å². The molecule has 6 nitrogen and oxygen atoms in total. The number of nitro groups is 1. The number of nitrogens with one attached hydrogen (secondary N) is 2. The fourth-order valence-electron chi connectivity index (χ4n) is 2.98. The Kier molecular flexibility index (Phi) is 6.61. The van der Waals surface area contributed by atoms with Crippen molar-refractivity contribution < 1.29 is 17.3 Å². The fourth-order valence-corrected chi connectivity index (χ4v) is 2.98. The number of hydrogen-bond acceptors (Lipinski definition) is 5. The average molecular weight is 362 g/mol. The zero-order valence-corrected chi connectivity index (χ0v) is 14.9. The number of halogens is 1. The van der Waals surface area contributed by atoms with Crippen molar-refractivity contribution in [3.05, 3.63) is 64.2 Å². The fraction of sp³-hybridized carbons (Fsp3) is 0.333. The van der Waals surface area contributed by atoms with Crippen molar-refractivity contribution in [1.82, 2.24) is 5.32 Å². The monoisotopic (exact) mass is 361 g/mol. The van der Waals surface area contributed by atoms with Crippen LogP contribution in [-0.4, -0.2) is 30.6 Å². The minimum atomic E-state index is -0.336. The normalized spacial score (nSPS) is 16.8. The number of piperazine rings is 1. The molecule has 0 aliphatic carbocycles. The van der Waals surface area contributed by atoms with Crippen molar-refractivity contribution in [3.63, 3.8) is 0 Å². The number of nitrogens with zero attached hydrogens (tertiary/aromatic N) is 2. The second-order valence-electron chi connectivity index (χ2n) is 6.10. The van der Waals surface area contributed by atoms with Crippen molar-refractivity contribution in [2.24, 2.45) is 0 Å². The smallest absolute Gasteiger partial charge is 0.292 e. The third-order valence-corrected chi connectivity index (χ3v) is 4.24. The maximum absolute atomic E-state index is 11.3. The maximum Gasteiger partial charge on any atom is 0.292 e. The molecule has 1 atom stereocenters. The van der Waals surface area contributed by atoms with E-state index >= 15 is 0 Å². The lowest BCUT2D eigenvalue weighted by atomic mass is 10.1. The molecule has 2 aromatic carbocycles. The van der Waals surface area contributed by atoms with Crippen LogP contribution in [0.2, 0.25) is 0 Å². The van der Waals surface area contributed by atoms with E-state index in [1.165, 1.54) is 0 Å². The predicted molar refractivity (Wildman–Crippen MR) is 96.5 cm³/mol. The van der Waals surface area contributed by atoms with Crippen LogP contribution in [0, 0.1) is 10.1 Å². The van der Waals surface area contributed by atoms with Crippen LogP contribution in [-0.2, 0) is 6.54 Å². The second kappa shape index (κ2) is 8.69. The Morgan fingerprint density at radius 3 is 2.72 bits per heavy atom. The van der Waals surface area contributed by atoms with Gasteiger partial charge in [0.05, 0.1) is 4.92 Å². The molecular weight excluding hydrogens is 340 g/mol. The summed E-state index contributed by atoms with van der Waals surface area (Å²) in [5, 5.41) is 17.9. The molecule has 1 unspecified atom stereocenters. The van der Waals surface area contributed by atoms with E-state index in [1.807, 2.05) is 42.5 Å². The van der Waals surface area contributed by atoms with Gasteiger partial charge < -0.3 is 27.9 Å². The zero-order chi connectivity index (χ0) is 16.9. The van der Waals surface area contributed by atoms with Crippen LogP contribution in [0.15, 0.2) is 48.5 Å². The van der Waals surface area contributed by atoms with Crippen molar-refractivity contribution in [1.29, 1.82) is 0 Å². The zero-order valence-electron chi connectivity index (χ0n) is 14.1. The molecule has 0 amide bonds. The first kappa shape index (κ1) is 19.0. The Labute approximate surface area is 153 Å². The number of benzene rings is 2. The van der Waals surface area contributed by atoms with E-state index in [4.69, 9.17) is 0 Å². The van der Waals surface area contributed by atoms with Gasteiger partial charge in [-0.05, 0) is 24.6 Å². The minimum absolute atomic E-state index is 0. The third kappa shape index (κ3) is 4.84. The average Bonchev–Trinajstić information content (AvgIpc) is 2.60. The summed E-state index contributed by atoms with van der Waals surface area (Å²) < 4.78 is 0. The number of rotatable bonds is 5. The first-order valence-corrected chi connectivity index (χ1v) is 8.18. The van der Waals surface area contributed by atoms with Gasteiger partial charge in [-0.2, -0.15) is 0 Å². The maximum atomic E-state index is 11.3. The first-order valence-electron chi connectivity index (χ1n) is 8.18. The summed E-state index contributed by atoms with van der Waals surface area (Å²) in [6, 6.07) is 15.6. The van der Waals surface area contributed by atoms with Crippen LogP contribution in [0.3, 0.4) is 0 Å². The van der Waals surface area contributed by atoms with Gasteiger partial charge in [0.2, 0.25) is 0 Å². The lowest BCUT2D eigenvalue weighted by Crippen LogP contribution is -3.00.